The first-order valence-electron chi connectivity index (χ1n) is 3.53. The second kappa shape index (κ2) is 4.19. The topological polar surface area (TPSA) is 38.3 Å². The van der Waals surface area contributed by atoms with E-state index in [4.69, 9.17) is 0 Å². The molecular formula is C6H8F3NO2S. The number of hydrogen-bond acceptors (Lipinski definition) is 4. The number of carbonyl (C=O) groups excluding carboxylic acids is 1. The van der Waals surface area contributed by atoms with Crippen LogP contribution in [0.3, 0.4) is 0 Å². The van der Waals surface area contributed by atoms with Gasteiger partial charge < -0.3 is 4.74 Å². The van der Waals surface area contributed by atoms with E-state index in [9.17, 15) is 18.0 Å². The molecule has 0 amide bonds. The van der Waals surface area contributed by atoms with E-state index in [2.05, 4.69) is 10.1 Å². The molecule has 1 N–H and O–H groups in total. The Hall–Kier alpha value is -0.430. The summed E-state index contributed by atoms with van der Waals surface area (Å²) >= 11 is 1.45. The molecule has 3 nitrogen and oxygen atoms in total. The highest BCUT2D eigenvalue weighted by Crippen LogP contribution is 2.16. The Morgan fingerprint density at radius 1 is 1.62 bits per heavy atom. The van der Waals surface area contributed by atoms with E-state index >= 15 is 0 Å². The van der Waals surface area contributed by atoms with Crippen molar-refractivity contribution < 1.29 is 22.7 Å². The number of hydrogen-bond donors (Lipinski definition) is 1. The van der Waals surface area contributed by atoms with Gasteiger partial charge in [-0.25, -0.2) is 0 Å². The molecule has 1 heterocycles. The van der Waals surface area contributed by atoms with Gasteiger partial charge in [0, 0.05) is 11.6 Å². The predicted molar refractivity (Wildman–Crippen MR) is 41.3 cm³/mol. The summed E-state index contributed by atoms with van der Waals surface area (Å²) in [6.07, 6.45) is -4.44. The van der Waals surface area contributed by atoms with Crippen LogP contribution in [-0.2, 0) is 9.53 Å². The van der Waals surface area contributed by atoms with Gasteiger partial charge in [0.05, 0.1) is 0 Å². The van der Waals surface area contributed by atoms with E-state index in [1.165, 1.54) is 11.8 Å². The van der Waals surface area contributed by atoms with Gasteiger partial charge in [0.2, 0.25) is 0 Å². The molecule has 0 aromatic heterocycles. The van der Waals surface area contributed by atoms with Gasteiger partial charge in [0.25, 0.3) is 0 Å². The first kappa shape index (κ1) is 10.6. The summed E-state index contributed by atoms with van der Waals surface area (Å²) in [7, 11) is 0. The molecule has 0 aromatic carbocycles. The fourth-order valence-electron chi connectivity index (χ4n) is 0.800. The van der Waals surface area contributed by atoms with Gasteiger partial charge in [-0.1, -0.05) is 0 Å². The Kier molecular flexibility index (Phi) is 3.43. The van der Waals surface area contributed by atoms with Crippen molar-refractivity contribution in [1.29, 1.82) is 0 Å². The van der Waals surface area contributed by atoms with Crippen LogP contribution < -0.4 is 5.32 Å². The Morgan fingerprint density at radius 3 is 2.77 bits per heavy atom. The first-order valence-corrected chi connectivity index (χ1v) is 4.69. The third-order valence-corrected chi connectivity index (χ3v) is 2.32. The van der Waals surface area contributed by atoms with Crippen molar-refractivity contribution in [1.82, 2.24) is 5.32 Å². The zero-order chi connectivity index (χ0) is 9.90. The highest BCUT2D eigenvalue weighted by molar-refractivity contribution is 7.99. The van der Waals surface area contributed by atoms with Crippen LogP contribution in [0.4, 0.5) is 13.2 Å². The third-order valence-electron chi connectivity index (χ3n) is 1.38. The minimum atomic E-state index is -4.44. The lowest BCUT2D eigenvalue weighted by Crippen LogP contribution is -2.36. The van der Waals surface area contributed by atoms with E-state index in [0.717, 1.165) is 0 Å². The summed E-state index contributed by atoms with van der Waals surface area (Å²) in [5.41, 5.74) is 0. The first-order chi connectivity index (χ1) is 5.99. The molecule has 1 aliphatic heterocycles. The number of rotatable bonds is 2. The van der Waals surface area contributed by atoms with E-state index in [0.29, 0.717) is 11.6 Å². The number of carbonyl (C=O) groups is 1. The van der Waals surface area contributed by atoms with Crippen LogP contribution in [0, 0.1) is 0 Å². The average Bonchev–Trinajstić information content (AvgIpc) is 2.50. The van der Waals surface area contributed by atoms with Crippen molar-refractivity contribution in [3.63, 3.8) is 0 Å². The summed E-state index contributed by atoms with van der Waals surface area (Å²) in [5.74, 6) is 0.213. The lowest BCUT2D eigenvalue weighted by molar-refractivity contribution is -0.187. The number of nitrogens with one attached hydrogen (secondary N) is 1. The molecule has 1 atom stereocenters. The summed E-state index contributed by atoms with van der Waals surface area (Å²) < 4.78 is 38.9. The van der Waals surface area contributed by atoms with E-state index in [1.807, 2.05) is 0 Å². The van der Waals surface area contributed by atoms with E-state index in [-0.39, 0.29) is 0 Å². The van der Waals surface area contributed by atoms with Crippen LogP contribution in [0.25, 0.3) is 0 Å². The van der Waals surface area contributed by atoms with Crippen LogP contribution in [0.5, 0.6) is 0 Å². The Balaban J connectivity index is 2.25. The highest BCUT2D eigenvalue weighted by atomic mass is 32.2. The van der Waals surface area contributed by atoms with Gasteiger partial charge in [0.1, 0.15) is 6.04 Å². The number of halogens is 3. The molecule has 0 aromatic rings. The molecule has 0 spiro atoms. The van der Waals surface area contributed by atoms with Crippen LogP contribution in [0.2, 0.25) is 0 Å². The zero-order valence-corrected chi connectivity index (χ0v) is 7.37. The lowest BCUT2D eigenvalue weighted by atomic mass is 10.3. The van der Waals surface area contributed by atoms with Crippen molar-refractivity contribution in [2.75, 3.05) is 18.2 Å². The second-order valence-electron chi connectivity index (χ2n) is 2.49. The monoisotopic (exact) mass is 215 g/mol. The lowest BCUT2D eigenvalue weighted by Gasteiger charge is -2.11. The predicted octanol–water partition coefficient (Wildman–Crippen LogP) is 0.754. The average molecular weight is 215 g/mol. The van der Waals surface area contributed by atoms with Crippen molar-refractivity contribution in [3.05, 3.63) is 0 Å². The van der Waals surface area contributed by atoms with E-state index < -0.39 is 24.8 Å². The van der Waals surface area contributed by atoms with Crippen molar-refractivity contribution in [3.8, 4) is 0 Å². The number of alkyl halides is 3. The molecule has 1 rings (SSSR count). The number of ether oxygens (including phenoxy) is 1. The molecule has 1 fully saturated rings. The van der Waals surface area contributed by atoms with Crippen LogP contribution >= 0.6 is 11.8 Å². The third kappa shape index (κ3) is 3.86. The Morgan fingerprint density at radius 2 is 2.31 bits per heavy atom. The number of esters is 1. The summed E-state index contributed by atoms with van der Waals surface area (Å²) in [5, 5.41) is 2.71. The van der Waals surface area contributed by atoms with Crippen LogP contribution in [-0.4, -0.2) is 36.4 Å². The second-order valence-corrected chi connectivity index (χ2v) is 3.52. The van der Waals surface area contributed by atoms with Crippen LogP contribution in [0.1, 0.15) is 0 Å². The quantitative estimate of drug-likeness (QED) is 0.690. The van der Waals surface area contributed by atoms with Crippen molar-refractivity contribution in [2.24, 2.45) is 0 Å². The molecule has 7 heteroatoms. The highest BCUT2D eigenvalue weighted by Gasteiger charge is 2.32. The van der Waals surface area contributed by atoms with Gasteiger partial charge in [-0.3, -0.25) is 10.1 Å². The molecule has 1 saturated heterocycles. The van der Waals surface area contributed by atoms with Gasteiger partial charge in [-0.2, -0.15) is 13.2 Å². The van der Waals surface area contributed by atoms with Gasteiger partial charge in [0.15, 0.2) is 6.61 Å². The molecule has 1 aliphatic rings. The molecule has 76 valence electrons. The summed E-state index contributed by atoms with van der Waals surface area (Å²) in [4.78, 5) is 10.9. The Labute approximate surface area is 77.0 Å². The fraction of sp³-hybridized carbons (Fsp3) is 0.833. The Bertz CT molecular complexity index is 191. The maximum absolute atomic E-state index is 11.6. The maximum atomic E-state index is 11.6. The maximum Gasteiger partial charge on any atom is 0.422 e. The number of thioether (sulfide) groups is 1. The van der Waals surface area contributed by atoms with Gasteiger partial charge in [-0.05, 0) is 0 Å². The van der Waals surface area contributed by atoms with Gasteiger partial charge in [-0.15, -0.1) is 11.8 Å². The molecule has 13 heavy (non-hydrogen) atoms. The molecule has 0 bridgehead atoms. The van der Waals surface area contributed by atoms with E-state index in [1.54, 1.807) is 0 Å². The summed E-state index contributed by atoms with van der Waals surface area (Å²) in [6.45, 7) is -1.51. The smallest absolute Gasteiger partial charge is 0.422 e. The van der Waals surface area contributed by atoms with Crippen molar-refractivity contribution >= 4 is 17.7 Å². The minimum Gasteiger partial charge on any atom is -0.455 e. The molecule has 0 aliphatic carbocycles. The molecular weight excluding hydrogens is 207 g/mol. The molecule has 0 unspecified atom stereocenters. The SMILES string of the molecule is O=C(OCC(F)(F)F)[C@@H]1CSCN1. The van der Waals surface area contributed by atoms with Gasteiger partial charge >= 0.3 is 12.1 Å². The molecule has 0 radical (unpaired) electrons. The normalized spacial score (nSPS) is 23.2. The standard InChI is InChI=1S/C6H8F3NO2S/c7-6(8,9)2-12-5(11)4-1-13-3-10-4/h4,10H,1-3H2/t4-/m0/s1. The summed E-state index contributed by atoms with van der Waals surface area (Å²) in [6, 6.07) is -0.590. The zero-order valence-electron chi connectivity index (χ0n) is 6.56. The largest absolute Gasteiger partial charge is 0.455 e. The minimum absolute atomic E-state index is 0.469. The van der Waals surface area contributed by atoms with Crippen LogP contribution in [0.15, 0.2) is 0 Å². The fourth-order valence-corrected chi connectivity index (χ4v) is 1.73. The van der Waals surface area contributed by atoms with Crippen molar-refractivity contribution in [2.45, 2.75) is 12.2 Å². The molecule has 0 saturated carbocycles.